The molecule has 1 fully saturated rings. The molecule has 0 radical (unpaired) electrons. The van der Waals surface area contributed by atoms with Gasteiger partial charge in [0, 0.05) is 0 Å². The second-order valence-corrected chi connectivity index (χ2v) is 7.28. The highest BCUT2D eigenvalue weighted by Gasteiger charge is 2.26. The van der Waals surface area contributed by atoms with E-state index < -0.39 is 0 Å². The van der Waals surface area contributed by atoms with Crippen LogP contribution in [0, 0.1) is 0 Å². The molecule has 0 amide bonds. The standard InChI is InChI=1S/C19H30O2/c1-4-5-11-19(2,3)15-9-10-17(18(21)13-15)14-7-6-8-16(20)12-14/h9-10,13-14,16,20-21H,4-8,11-12H2,1-3H3/t14-,16-/m1/s1. The summed E-state index contributed by atoms with van der Waals surface area (Å²) >= 11 is 0. The molecule has 2 atom stereocenters. The van der Waals surface area contributed by atoms with Crippen molar-refractivity contribution in [2.75, 3.05) is 0 Å². The molecule has 1 aromatic rings. The van der Waals surface area contributed by atoms with Crippen molar-refractivity contribution in [2.24, 2.45) is 0 Å². The lowest BCUT2D eigenvalue weighted by Gasteiger charge is -2.29. The van der Waals surface area contributed by atoms with Crippen molar-refractivity contribution >= 4 is 0 Å². The van der Waals surface area contributed by atoms with E-state index in [2.05, 4.69) is 32.9 Å². The Labute approximate surface area is 129 Å². The average Bonchev–Trinajstić information content (AvgIpc) is 2.45. The number of aromatic hydroxyl groups is 1. The molecule has 0 aromatic heterocycles. The Kier molecular flexibility index (Phi) is 5.32. The average molecular weight is 290 g/mol. The highest BCUT2D eigenvalue weighted by Crippen LogP contribution is 2.39. The van der Waals surface area contributed by atoms with Gasteiger partial charge in [-0.05, 0) is 54.2 Å². The normalized spacial score (nSPS) is 23.2. The summed E-state index contributed by atoms with van der Waals surface area (Å²) in [4.78, 5) is 0. The van der Waals surface area contributed by atoms with Crippen LogP contribution in [0.1, 0.15) is 82.8 Å². The molecule has 0 spiro atoms. The van der Waals surface area contributed by atoms with E-state index in [1.807, 2.05) is 6.07 Å². The molecule has 2 nitrogen and oxygen atoms in total. The number of rotatable bonds is 5. The van der Waals surface area contributed by atoms with Crippen molar-refractivity contribution in [3.63, 3.8) is 0 Å². The molecular weight excluding hydrogens is 260 g/mol. The molecule has 1 saturated carbocycles. The third-order valence-electron chi connectivity index (χ3n) is 5.05. The fourth-order valence-electron chi connectivity index (χ4n) is 3.52. The minimum atomic E-state index is -0.205. The van der Waals surface area contributed by atoms with Gasteiger partial charge in [0.25, 0.3) is 0 Å². The second-order valence-electron chi connectivity index (χ2n) is 7.28. The minimum absolute atomic E-state index is 0.109. The zero-order valence-electron chi connectivity index (χ0n) is 13.7. The predicted molar refractivity (Wildman–Crippen MR) is 87.9 cm³/mol. The first-order chi connectivity index (χ1) is 9.94. The van der Waals surface area contributed by atoms with E-state index in [9.17, 15) is 10.2 Å². The Morgan fingerprint density at radius 3 is 2.62 bits per heavy atom. The van der Waals surface area contributed by atoms with Crippen LogP contribution in [0.15, 0.2) is 18.2 Å². The molecule has 2 rings (SSSR count). The number of aliphatic hydroxyl groups is 1. The van der Waals surface area contributed by atoms with E-state index in [4.69, 9.17) is 0 Å². The summed E-state index contributed by atoms with van der Waals surface area (Å²) in [5.74, 6) is 0.720. The number of phenolic OH excluding ortho intramolecular Hbond substituents is 1. The van der Waals surface area contributed by atoms with Gasteiger partial charge >= 0.3 is 0 Å². The van der Waals surface area contributed by atoms with Crippen LogP contribution in [0.25, 0.3) is 0 Å². The van der Waals surface area contributed by atoms with Crippen LogP contribution in [0.2, 0.25) is 0 Å². The molecule has 2 N–H and O–H groups in total. The number of hydrogen-bond donors (Lipinski definition) is 2. The van der Waals surface area contributed by atoms with Crippen LogP contribution in [0.4, 0.5) is 0 Å². The van der Waals surface area contributed by atoms with E-state index in [1.54, 1.807) is 0 Å². The van der Waals surface area contributed by atoms with Crippen LogP contribution in [-0.2, 0) is 5.41 Å². The number of hydrogen-bond acceptors (Lipinski definition) is 2. The lowest BCUT2D eigenvalue weighted by molar-refractivity contribution is 0.119. The molecule has 0 aliphatic heterocycles. The summed E-state index contributed by atoms with van der Waals surface area (Å²) in [6.07, 6.45) is 7.16. The van der Waals surface area contributed by atoms with Crippen LogP contribution in [-0.4, -0.2) is 16.3 Å². The first-order valence-electron chi connectivity index (χ1n) is 8.45. The summed E-state index contributed by atoms with van der Waals surface area (Å²) in [5, 5.41) is 20.3. The molecule has 2 heteroatoms. The summed E-state index contributed by atoms with van der Waals surface area (Å²) in [5.41, 5.74) is 2.34. The summed E-state index contributed by atoms with van der Waals surface area (Å²) in [7, 11) is 0. The maximum Gasteiger partial charge on any atom is 0.119 e. The molecule has 0 saturated heterocycles. The van der Waals surface area contributed by atoms with Crippen LogP contribution >= 0.6 is 0 Å². The van der Waals surface area contributed by atoms with Gasteiger partial charge in [-0.2, -0.15) is 0 Å². The van der Waals surface area contributed by atoms with Crippen molar-refractivity contribution in [1.29, 1.82) is 0 Å². The fourth-order valence-corrected chi connectivity index (χ4v) is 3.52. The topological polar surface area (TPSA) is 40.5 Å². The molecule has 1 aliphatic carbocycles. The fraction of sp³-hybridized carbons (Fsp3) is 0.684. The lowest BCUT2D eigenvalue weighted by Crippen LogP contribution is -2.19. The molecule has 1 aliphatic rings. The zero-order valence-corrected chi connectivity index (χ0v) is 13.7. The first kappa shape index (κ1) is 16.4. The quantitative estimate of drug-likeness (QED) is 0.811. The Balaban J connectivity index is 2.17. The molecule has 21 heavy (non-hydrogen) atoms. The maximum absolute atomic E-state index is 10.4. The Morgan fingerprint density at radius 2 is 2.00 bits per heavy atom. The highest BCUT2D eigenvalue weighted by molar-refractivity contribution is 5.41. The smallest absolute Gasteiger partial charge is 0.119 e. The van der Waals surface area contributed by atoms with E-state index >= 15 is 0 Å². The van der Waals surface area contributed by atoms with Gasteiger partial charge in [0.1, 0.15) is 5.75 Å². The maximum atomic E-state index is 10.4. The predicted octanol–water partition coefficient (Wildman–Crippen LogP) is 4.88. The SMILES string of the molecule is CCCCC(C)(C)c1ccc([C@@H]2CCC[C@@H](O)C2)c(O)c1. The lowest BCUT2D eigenvalue weighted by atomic mass is 9.77. The van der Waals surface area contributed by atoms with Crippen molar-refractivity contribution < 1.29 is 10.2 Å². The van der Waals surface area contributed by atoms with Gasteiger partial charge in [-0.3, -0.25) is 0 Å². The van der Waals surface area contributed by atoms with Crippen LogP contribution in [0.5, 0.6) is 5.75 Å². The van der Waals surface area contributed by atoms with Crippen molar-refractivity contribution in [1.82, 2.24) is 0 Å². The second kappa shape index (κ2) is 6.83. The summed E-state index contributed by atoms with van der Waals surface area (Å²) in [6.45, 7) is 6.72. The van der Waals surface area contributed by atoms with Gasteiger partial charge in [-0.25, -0.2) is 0 Å². The van der Waals surface area contributed by atoms with Gasteiger partial charge in [0.15, 0.2) is 0 Å². The Hall–Kier alpha value is -1.02. The number of benzene rings is 1. The van der Waals surface area contributed by atoms with Gasteiger partial charge in [-0.15, -0.1) is 0 Å². The van der Waals surface area contributed by atoms with Crippen molar-refractivity contribution in [2.45, 2.75) is 83.2 Å². The van der Waals surface area contributed by atoms with Crippen LogP contribution in [0.3, 0.4) is 0 Å². The van der Waals surface area contributed by atoms with Gasteiger partial charge in [0.05, 0.1) is 6.10 Å². The van der Waals surface area contributed by atoms with Crippen LogP contribution < -0.4 is 0 Å². The zero-order chi connectivity index (χ0) is 15.5. The molecular formula is C19H30O2. The first-order valence-corrected chi connectivity index (χ1v) is 8.45. The Bertz CT molecular complexity index is 465. The van der Waals surface area contributed by atoms with E-state index in [1.165, 1.54) is 18.4 Å². The monoisotopic (exact) mass is 290 g/mol. The molecule has 0 bridgehead atoms. The summed E-state index contributed by atoms with van der Waals surface area (Å²) < 4.78 is 0. The number of unbranched alkanes of at least 4 members (excludes halogenated alkanes) is 1. The molecule has 0 unspecified atom stereocenters. The third-order valence-corrected chi connectivity index (χ3v) is 5.05. The Morgan fingerprint density at radius 1 is 1.24 bits per heavy atom. The molecule has 1 aromatic carbocycles. The number of aliphatic hydroxyl groups excluding tert-OH is 1. The van der Waals surface area contributed by atoms with Gasteiger partial charge in [-0.1, -0.05) is 52.2 Å². The highest BCUT2D eigenvalue weighted by atomic mass is 16.3. The van der Waals surface area contributed by atoms with Crippen molar-refractivity contribution in [3.8, 4) is 5.75 Å². The molecule has 0 heterocycles. The molecule has 118 valence electrons. The minimum Gasteiger partial charge on any atom is -0.508 e. The largest absolute Gasteiger partial charge is 0.508 e. The van der Waals surface area contributed by atoms with Crippen molar-refractivity contribution in [3.05, 3.63) is 29.3 Å². The third kappa shape index (κ3) is 4.00. The van der Waals surface area contributed by atoms with E-state index in [-0.39, 0.29) is 11.5 Å². The summed E-state index contributed by atoms with van der Waals surface area (Å²) in [6, 6.07) is 6.21. The van der Waals surface area contributed by atoms with E-state index in [0.29, 0.717) is 11.7 Å². The number of phenols is 1. The van der Waals surface area contributed by atoms with Gasteiger partial charge < -0.3 is 10.2 Å². The van der Waals surface area contributed by atoms with Gasteiger partial charge in [0.2, 0.25) is 0 Å². The van der Waals surface area contributed by atoms with E-state index in [0.717, 1.165) is 37.7 Å².